The van der Waals surface area contributed by atoms with Gasteiger partial charge in [0.25, 0.3) is 0 Å². The highest BCUT2D eigenvalue weighted by molar-refractivity contribution is 5.06. The monoisotopic (exact) mass is 259 g/mol. The van der Waals surface area contributed by atoms with Gasteiger partial charge in [-0.25, -0.2) is 9.97 Å². The molecule has 102 valence electrons. The van der Waals surface area contributed by atoms with Crippen LogP contribution in [0.2, 0.25) is 0 Å². The molecule has 0 unspecified atom stereocenters. The lowest BCUT2D eigenvalue weighted by Crippen LogP contribution is -2.34. The number of aromatic nitrogens is 4. The number of likely N-dealkylation sites (tertiary alicyclic amines) is 1. The van der Waals surface area contributed by atoms with E-state index in [1.54, 1.807) is 0 Å². The molecule has 0 spiro atoms. The maximum absolute atomic E-state index is 4.49. The van der Waals surface area contributed by atoms with Crippen molar-refractivity contribution in [3.8, 4) is 0 Å². The van der Waals surface area contributed by atoms with Crippen LogP contribution in [0.25, 0.3) is 0 Å². The molecule has 0 saturated carbocycles. The van der Waals surface area contributed by atoms with E-state index in [4.69, 9.17) is 0 Å². The Kier molecular flexibility index (Phi) is 3.38. The first-order valence-electron chi connectivity index (χ1n) is 6.91. The molecule has 0 aromatic carbocycles. The highest BCUT2D eigenvalue weighted by Gasteiger charge is 2.23. The maximum Gasteiger partial charge on any atom is 0.110 e. The van der Waals surface area contributed by atoms with Crippen LogP contribution in [0.4, 0.5) is 0 Å². The molecule has 0 radical (unpaired) electrons. The smallest absolute Gasteiger partial charge is 0.110 e. The quantitative estimate of drug-likeness (QED) is 0.915. The molecule has 3 rings (SSSR count). The number of nitrogens with one attached hydrogen (secondary N) is 1. The second-order valence-electron chi connectivity index (χ2n) is 5.52. The van der Waals surface area contributed by atoms with E-state index < -0.39 is 0 Å². The first-order valence-corrected chi connectivity index (χ1v) is 6.91. The molecule has 1 N–H and O–H groups in total. The lowest BCUT2D eigenvalue weighted by molar-refractivity contribution is 0.193. The summed E-state index contributed by atoms with van der Waals surface area (Å²) >= 11 is 0. The fourth-order valence-corrected chi connectivity index (χ4v) is 2.83. The first kappa shape index (κ1) is 12.4. The van der Waals surface area contributed by atoms with Crippen LogP contribution in [0, 0.1) is 6.92 Å². The molecule has 0 amide bonds. The van der Waals surface area contributed by atoms with Gasteiger partial charge >= 0.3 is 0 Å². The zero-order valence-electron chi connectivity index (χ0n) is 11.6. The van der Waals surface area contributed by atoms with Crippen LogP contribution in [0.15, 0.2) is 18.7 Å². The van der Waals surface area contributed by atoms with Crippen LogP contribution >= 0.6 is 0 Å². The number of hydrogen-bond acceptors (Lipinski definition) is 3. The lowest BCUT2D eigenvalue weighted by Gasteiger charge is -2.31. The van der Waals surface area contributed by atoms with Crippen LogP contribution in [0.1, 0.15) is 36.0 Å². The summed E-state index contributed by atoms with van der Waals surface area (Å²) in [5.41, 5.74) is 2.43. The van der Waals surface area contributed by atoms with Gasteiger partial charge in [0.2, 0.25) is 0 Å². The molecular weight excluding hydrogens is 238 g/mol. The molecule has 2 aromatic heterocycles. The average molecular weight is 259 g/mol. The number of aromatic amines is 1. The van der Waals surface area contributed by atoms with Gasteiger partial charge in [-0.1, -0.05) is 0 Å². The van der Waals surface area contributed by atoms with Gasteiger partial charge in [-0.15, -0.1) is 0 Å². The second-order valence-corrected chi connectivity index (χ2v) is 5.52. The Morgan fingerprint density at radius 1 is 1.42 bits per heavy atom. The summed E-state index contributed by atoms with van der Waals surface area (Å²) in [6.45, 7) is 5.29. The first-order chi connectivity index (χ1) is 9.22. The number of H-pyrrole nitrogens is 1. The van der Waals surface area contributed by atoms with E-state index in [9.17, 15) is 0 Å². The fraction of sp³-hybridized carbons (Fsp3) is 0.571. The molecule has 19 heavy (non-hydrogen) atoms. The molecule has 5 nitrogen and oxygen atoms in total. The Labute approximate surface area is 113 Å². The van der Waals surface area contributed by atoms with E-state index in [2.05, 4.69) is 38.4 Å². The Morgan fingerprint density at radius 3 is 3.00 bits per heavy atom. The van der Waals surface area contributed by atoms with E-state index in [1.807, 2.05) is 18.7 Å². The minimum Gasteiger partial charge on any atom is -0.346 e. The summed E-state index contributed by atoms with van der Waals surface area (Å²) in [6.07, 6.45) is 8.22. The average Bonchev–Trinajstić information content (AvgIpc) is 3.00. The van der Waals surface area contributed by atoms with Crippen molar-refractivity contribution in [1.82, 2.24) is 24.4 Å². The van der Waals surface area contributed by atoms with Crippen LogP contribution < -0.4 is 0 Å². The standard InChI is InChI=1S/C14H21N5/c1-11-6-16-14(17-11)12-4-3-5-19(8-12)9-13-7-15-10-18(13)2/h6-7,10,12H,3-5,8-9H2,1-2H3,(H,16,17)/t12-/m0/s1. The van der Waals surface area contributed by atoms with Crippen molar-refractivity contribution < 1.29 is 0 Å². The number of rotatable bonds is 3. The van der Waals surface area contributed by atoms with Crippen LogP contribution in [0.5, 0.6) is 0 Å². The van der Waals surface area contributed by atoms with E-state index in [-0.39, 0.29) is 0 Å². The van der Waals surface area contributed by atoms with Crippen molar-refractivity contribution in [2.75, 3.05) is 13.1 Å². The summed E-state index contributed by atoms with van der Waals surface area (Å²) in [7, 11) is 2.06. The topological polar surface area (TPSA) is 49.7 Å². The molecular formula is C14H21N5. The van der Waals surface area contributed by atoms with Crippen molar-refractivity contribution in [1.29, 1.82) is 0 Å². The second kappa shape index (κ2) is 5.17. The highest BCUT2D eigenvalue weighted by atomic mass is 15.2. The molecule has 3 heterocycles. The third-order valence-corrected chi connectivity index (χ3v) is 3.92. The number of imidazole rings is 2. The zero-order chi connectivity index (χ0) is 13.2. The summed E-state index contributed by atoms with van der Waals surface area (Å²) in [6, 6.07) is 0. The van der Waals surface area contributed by atoms with Crippen molar-refractivity contribution in [3.05, 3.63) is 35.9 Å². The van der Waals surface area contributed by atoms with Gasteiger partial charge in [-0.3, -0.25) is 4.90 Å². The molecule has 0 aliphatic carbocycles. The zero-order valence-corrected chi connectivity index (χ0v) is 11.6. The molecule has 1 fully saturated rings. The van der Waals surface area contributed by atoms with Crippen molar-refractivity contribution >= 4 is 0 Å². The predicted octanol–water partition coefficient (Wildman–Crippen LogP) is 1.83. The fourth-order valence-electron chi connectivity index (χ4n) is 2.83. The largest absolute Gasteiger partial charge is 0.346 e. The summed E-state index contributed by atoms with van der Waals surface area (Å²) in [5.74, 6) is 1.68. The number of piperidine rings is 1. The van der Waals surface area contributed by atoms with Gasteiger partial charge in [-0.2, -0.15) is 0 Å². The van der Waals surface area contributed by atoms with Gasteiger partial charge in [0.1, 0.15) is 5.82 Å². The normalized spacial score (nSPS) is 20.8. The van der Waals surface area contributed by atoms with E-state index in [0.29, 0.717) is 5.92 Å². The summed E-state index contributed by atoms with van der Waals surface area (Å²) in [4.78, 5) is 14.6. The van der Waals surface area contributed by atoms with Gasteiger partial charge in [0.15, 0.2) is 0 Å². The molecule has 5 heteroatoms. The minimum atomic E-state index is 0.538. The molecule has 1 saturated heterocycles. The summed E-state index contributed by atoms with van der Waals surface area (Å²) < 4.78 is 2.10. The number of nitrogens with zero attached hydrogens (tertiary/aromatic N) is 4. The van der Waals surface area contributed by atoms with E-state index >= 15 is 0 Å². The molecule has 2 aromatic rings. The Bertz CT molecular complexity index is 542. The maximum atomic E-state index is 4.49. The Morgan fingerprint density at radius 2 is 2.32 bits per heavy atom. The number of aryl methyl sites for hydroxylation is 2. The SMILES string of the molecule is Cc1cnc([C@H]2CCCN(Cc3cncn3C)C2)[nH]1. The Balaban J connectivity index is 1.66. The predicted molar refractivity (Wildman–Crippen MR) is 73.8 cm³/mol. The summed E-state index contributed by atoms with van der Waals surface area (Å²) in [5, 5.41) is 0. The lowest BCUT2D eigenvalue weighted by atomic mass is 9.97. The van der Waals surface area contributed by atoms with Crippen LogP contribution in [-0.4, -0.2) is 37.5 Å². The third kappa shape index (κ3) is 2.71. The number of hydrogen-bond donors (Lipinski definition) is 1. The van der Waals surface area contributed by atoms with E-state index in [1.165, 1.54) is 25.1 Å². The van der Waals surface area contributed by atoms with Crippen molar-refractivity contribution in [3.63, 3.8) is 0 Å². The van der Waals surface area contributed by atoms with Gasteiger partial charge in [0.05, 0.1) is 12.0 Å². The van der Waals surface area contributed by atoms with Crippen LogP contribution in [-0.2, 0) is 13.6 Å². The molecule has 1 aliphatic rings. The van der Waals surface area contributed by atoms with Crippen molar-refractivity contribution in [2.45, 2.75) is 32.2 Å². The highest BCUT2D eigenvalue weighted by Crippen LogP contribution is 2.25. The Hall–Kier alpha value is -1.62. The third-order valence-electron chi connectivity index (χ3n) is 3.92. The molecule has 0 bridgehead atoms. The van der Waals surface area contributed by atoms with E-state index in [0.717, 1.165) is 24.6 Å². The van der Waals surface area contributed by atoms with Gasteiger partial charge in [0, 0.05) is 44.1 Å². The van der Waals surface area contributed by atoms with Gasteiger partial charge < -0.3 is 9.55 Å². The molecule has 1 aliphatic heterocycles. The van der Waals surface area contributed by atoms with Gasteiger partial charge in [-0.05, 0) is 26.3 Å². The minimum absolute atomic E-state index is 0.538. The van der Waals surface area contributed by atoms with Crippen LogP contribution in [0.3, 0.4) is 0 Å². The van der Waals surface area contributed by atoms with Crippen molar-refractivity contribution in [2.24, 2.45) is 7.05 Å². The molecule has 1 atom stereocenters.